The minimum absolute atomic E-state index is 0.0134. The second-order valence-corrected chi connectivity index (χ2v) is 6.55. The molecule has 0 fully saturated rings. The summed E-state index contributed by atoms with van der Waals surface area (Å²) in [5, 5.41) is 9.14. The van der Waals surface area contributed by atoms with Gasteiger partial charge in [-0.25, -0.2) is 9.78 Å². The summed E-state index contributed by atoms with van der Waals surface area (Å²) in [7, 11) is 0. The Morgan fingerprint density at radius 2 is 1.87 bits per heavy atom. The van der Waals surface area contributed by atoms with Gasteiger partial charge in [0.25, 0.3) is 0 Å². The van der Waals surface area contributed by atoms with Crippen LogP contribution < -0.4 is 4.74 Å². The van der Waals surface area contributed by atoms with Crippen LogP contribution in [-0.4, -0.2) is 39.9 Å². The van der Waals surface area contributed by atoms with Crippen LogP contribution in [0.25, 0.3) is 11.0 Å². The summed E-state index contributed by atoms with van der Waals surface area (Å²) >= 11 is 0. The lowest BCUT2D eigenvalue weighted by Gasteiger charge is -2.14. The van der Waals surface area contributed by atoms with Gasteiger partial charge < -0.3 is 19.1 Å². The van der Waals surface area contributed by atoms with E-state index in [1.165, 1.54) is 6.07 Å². The molecule has 160 valence electrons. The van der Waals surface area contributed by atoms with E-state index in [1.807, 2.05) is 0 Å². The Hall–Kier alpha value is -3.07. The summed E-state index contributed by atoms with van der Waals surface area (Å²) in [6.07, 6.45) is -5.29. The monoisotopic (exact) mass is 422 g/mol. The number of carboxylic acid groups (broad SMARTS) is 1. The highest BCUT2D eigenvalue weighted by Gasteiger charge is 2.37. The van der Waals surface area contributed by atoms with Crippen LogP contribution >= 0.6 is 0 Å². The molecule has 3 rings (SSSR count). The third-order valence-electron chi connectivity index (χ3n) is 4.48. The van der Waals surface area contributed by atoms with Crippen molar-refractivity contribution in [3.8, 4) is 5.75 Å². The molecule has 0 saturated carbocycles. The number of benzene rings is 2. The first-order chi connectivity index (χ1) is 14.3. The molecule has 1 N–H and O–H groups in total. The fraction of sp³-hybridized carbons (Fsp3) is 0.333. The van der Waals surface area contributed by atoms with Gasteiger partial charge in [-0.3, -0.25) is 0 Å². The van der Waals surface area contributed by atoms with E-state index in [0.717, 1.165) is 10.1 Å². The Morgan fingerprint density at radius 1 is 1.17 bits per heavy atom. The highest BCUT2D eigenvalue weighted by molar-refractivity contribution is 5.76. The van der Waals surface area contributed by atoms with Crippen molar-refractivity contribution in [1.29, 1.82) is 0 Å². The summed E-state index contributed by atoms with van der Waals surface area (Å²) in [5.74, 6) is -1.52. The quantitative estimate of drug-likeness (QED) is 0.560. The van der Waals surface area contributed by atoms with Gasteiger partial charge in [-0.05, 0) is 36.8 Å². The van der Waals surface area contributed by atoms with E-state index in [2.05, 4.69) is 4.98 Å². The van der Waals surface area contributed by atoms with Crippen molar-refractivity contribution in [2.24, 2.45) is 0 Å². The number of aliphatic carboxylic acids is 1. The van der Waals surface area contributed by atoms with Gasteiger partial charge in [0.15, 0.2) is 6.10 Å². The number of nitrogens with zero attached hydrogens (tertiary/aromatic N) is 2. The molecule has 3 aromatic rings. The first kappa shape index (κ1) is 21.6. The summed E-state index contributed by atoms with van der Waals surface area (Å²) in [6, 6.07) is 13.1. The Bertz CT molecular complexity index is 1000. The average molecular weight is 422 g/mol. The smallest absolute Gasteiger partial charge is 0.449 e. The molecule has 0 radical (unpaired) electrons. The van der Waals surface area contributed by atoms with E-state index < -0.39 is 24.1 Å². The number of ether oxygens (including phenoxy) is 2. The highest BCUT2D eigenvalue weighted by Crippen LogP contribution is 2.31. The van der Waals surface area contributed by atoms with Gasteiger partial charge in [0.2, 0.25) is 5.82 Å². The van der Waals surface area contributed by atoms with Gasteiger partial charge in [-0.2, -0.15) is 13.2 Å². The van der Waals surface area contributed by atoms with Crippen LogP contribution in [0.15, 0.2) is 48.5 Å². The molecule has 0 spiro atoms. The first-order valence-corrected chi connectivity index (χ1v) is 9.38. The molecule has 2 aromatic carbocycles. The van der Waals surface area contributed by atoms with Crippen LogP contribution in [0.5, 0.6) is 5.75 Å². The van der Waals surface area contributed by atoms with E-state index in [-0.39, 0.29) is 25.1 Å². The Labute approximate surface area is 170 Å². The average Bonchev–Trinajstić information content (AvgIpc) is 3.08. The molecule has 0 saturated heterocycles. The lowest BCUT2D eigenvalue weighted by Crippen LogP contribution is -2.26. The number of halogens is 3. The largest absolute Gasteiger partial charge is 0.492 e. The maximum atomic E-state index is 13.3. The standard InChI is InChI=1S/C21H21F3N2O4/c1-2-29-18(19(27)28)13-14-7-9-15(10-8-14)30-12-11-26-17-6-4-3-5-16(17)25-20(26)21(22,23)24/h3-10,18H,2,11-13H2,1H3,(H,27,28)/t18-/m0/s1. The minimum Gasteiger partial charge on any atom is -0.492 e. The molecule has 0 aliphatic carbocycles. The third-order valence-corrected chi connectivity index (χ3v) is 4.48. The van der Waals surface area contributed by atoms with Crippen molar-refractivity contribution in [3.63, 3.8) is 0 Å². The molecular weight excluding hydrogens is 401 g/mol. The normalized spacial score (nSPS) is 12.8. The van der Waals surface area contributed by atoms with Crippen LogP contribution in [-0.2, 0) is 28.7 Å². The van der Waals surface area contributed by atoms with Crippen LogP contribution in [0.4, 0.5) is 13.2 Å². The molecule has 0 aliphatic heterocycles. The Morgan fingerprint density at radius 3 is 2.50 bits per heavy atom. The van der Waals surface area contributed by atoms with Crippen LogP contribution in [0.3, 0.4) is 0 Å². The number of hydrogen-bond donors (Lipinski definition) is 1. The first-order valence-electron chi connectivity index (χ1n) is 9.38. The molecule has 0 unspecified atom stereocenters. The molecule has 6 nitrogen and oxygen atoms in total. The fourth-order valence-corrected chi connectivity index (χ4v) is 3.13. The van der Waals surface area contributed by atoms with Crippen molar-refractivity contribution in [1.82, 2.24) is 9.55 Å². The van der Waals surface area contributed by atoms with Gasteiger partial charge >= 0.3 is 12.1 Å². The number of carbonyl (C=O) groups is 1. The molecule has 1 aromatic heterocycles. The number of para-hydroxylation sites is 2. The second kappa shape index (κ2) is 9.17. The van der Waals surface area contributed by atoms with Gasteiger partial charge in [0.05, 0.1) is 17.6 Å². The second-order valence-electron chi connectivity index (χ2n) is 6.55. The lowest BCUT2D eigenvalue weighted by atomic mass is 10.1. The molecule has 0 aliphatic rings. The lowest BCUT2D eigenvalue weighted by molar-refractivity contribution is -0.150. The van der Waals surface area contributed by atoms with Crippen molar-refractivity contribution >= 4 is 17.0 Å². The van der Waals surface area contributed by atoms with Crippen molar-refractivity contribution in [2.75, 3.05) is 13.2 Å². The SMILES string of the molecule is CCO[C@@H](Cc1ccc(OCCn2c(C(F)(F)F)nc3ccccc32)cc1)C(=O)O. The molecule has 9 heteroatoms. The maximum Gasteiger partial charge on any atom is 0.449 e. The summed E-state index contributed by atoms with van der Waals surface area (Å²) in [5.41, 5.74) is 1.42. The van der Waals surface area contributed by atoms with Gasteiger partial charge in [0.1, 0.15) is 12.4 Å². The zero-order valence-electron chi connectivity index (χ0n) is 16.2. The number of rotatable bonds is 9. The molecular formula is C21H21F3N2O4. The summed E-state index contributed by atoms with van der Waals surface area (Å²) < 4.78 is 51.8. The topological polar surface area (TPSA) is 73.6 Å². The maximum absolute atomic E-state index is 13.3. The van der Waals surface area contributed by atoms with E-state index in [1.54, 1.807) is 49.4 Å². The van der Waals surface area contributed by atoms with Gasteiger partial charge in [-0.1, -0.05) is 24.3 Å². The Balaban J connectivity index is 1.65. The molecule has 30 heavy (non-hydrogen) atoms. The fourth-order valence-electron chi connectivity index (χ4n) is 3.13. The van der Waals surface area contributed by atoms with Crippen LogP contribution in [0.2, 0.25) is 0 Å². The van der Waals surface area contributed by atoms with E-state index in [0.29, 0.717) is 17.9 Å². The number of carboxylic acids is 1. The summed E-state index contributed by atoms with van der Waals surface area (Å²) in [4.78, 5) is 14.9. The molecule has 0 amide bonds. The molecule has 0 bridgehead atoms. The molecule has 1 heterocycles. The van der Waals surface area contributed by atoms with Crippen LogP contribution in [0, 0.1) is 0 Å². The number of hydrogen-bond acceptors (Lipinski definition) is 4. The highest BCUT2D eigenvalue weighted by atomic mass is 19.4. The minimum atomic E-state index is -4.57. The predicted molar refractivity (Wildman–Crippen MR) is 103 cm³/mol. The van der Waals surface area contributed by atoms with E-state index in [4.69, 9.17) is 14.6 Å². The third kappa shape index (κ3) is 5.10. The number of alkyl halides is 3. The Kier molecular flexibility index (Phi) is 6.61. The zero-order valence-corrected chi connectivity index (χ0v) is 16.2. The summed E-state index contributed by atoms with van der Waals surface area (Å²) in [6.45, 7) is 2.00. The van der Waals surface area contributed by atoms with Crippen LogP contribution in [0.1, 0.15) is 18.3 Å². The van der Waals surface area contributed by atoms with Crippen molar-refractivity contribution in [3.05, 3.63) is 59.9 Å². The molecule has 1 atom stereocenters. The van der Waals surface area contributed by atoms with Crippen molar-refractivity contribution < 1.29 is 32.5 Å². The van der Waals surface area contributed by atoms with Crippen molar-refractivity contribution in [2.45, 2.75) is 32.2 Å². The number of fused-ring (bicyclic) bond motifs is 1. The zero-order chi connectivity index (χ0) is 21.7. The number of imidazole rings is 1. The predicted octanol–water partition coefficient (Wildman–Crippen LogP) is 4.17. The number of aromatic nitrogens is 2. The van der Waals surface area contributed by atoms with E-state index in [9.17, 15) is 18.0 Å². The van der Waals surface area contributed by atoms with E-state index >= 15 is 0 Å². The van der Waals surface area contributed by atoms with Gasteiger partial charge in [0, 0.05) is 13.0 Å². The van der Waals surface area contributed by atoms with Gasteiger partial charge in [-0.15, -0.1) is 0 Å².